The lowest BCUT2D eigenvalue weighted by Gasteiger charge is -2.12. The summed E-state index contributed by atoms with van der Waals surface area (Å²) in [4.78, 5) is 36.0. The Hall–Kier alpha value is -4.00. The number of halogens is 1. The van der Waals surface area contributed by atoms with E-state index in [0.717, 1.165) is 6.07 Å². The monoisotopic (exact) mass is 378 g/mol. The van der Waals surface area contributed by atoms with Gasteiger partial charge < -0.3 is 15.7 Å². The van der Waals surface area contributed by atoms with Gasteiger partial charge in [0, 0.05) is 11.3 Å². The average molecular weight is 378 g/mol. The van der Waals surface area contributed by atoms with Gasteiger partial charge in [-0.15, -0.1) is 0 Å². The summed E-state index contributed by atoms with van der Waals surface area (Å²) in [6, 6.07) is 17.3. The Labute approximate surface area is 159 Å². The van der Waals surface area contributed by atoms with Gasteiger partial charge in [0.2, 0.25) is 0 Å². The second kappa shape index (κ2) is 8.13. The van der Waals surface area contributed by atoms with Crippen molar-refractivity contribution in [2.24, 2.45) is 0 Å². The highest BCUT2D eigenvalue weighted by molar-refractivity contribution is 6.12. The molecule has 28 heavy (non-hydrogen) atoms. The highest BCUT2D eigenvalue weighted by Crippen LogP contribution is 2.19. The highest BCUT2D eigenvalue weighted by Gasteiger charge is 2.15. The van der Waals surface area contributed by atoms with Crippen molar-refractivity contribution in [2.75, 3.05) is 10.6 Å². The lowest BCUT2D eigenvalue weighted by atomic mass is 10.1. The molecule has 3 aromatic rings. The number of hydrogen-bond donors (Lipinski definition) is 3. The maximum absolute atomic E-state index is 13.3. The van der Waals surface area contributed by atoms with Crippen molar-refractivity contribution in [3.8, 4) is 0 Å². The SMILES string of the molecule is O=C(O)c1cccc(NC(=O)c2ccccc2NC(=O)c2cccc(F)c2)c1. The van der Waals surface area contributed by atoms with Crippen LogP contribution in [0.5, 0.6) is 0 Å². The summed E-state index contributed by atoms with van der Waals surface area (Å²) in [6.45, 7) is 0. The minimum absolute atomic E-state index is 0.0329. The van der Waals surface area contributed by atoms with Crippen molar-refractivity contribution in [3.05, 3.63) is 95.3 Å². The predicted octanol–water partition coefficient (Wildman–Crippen LogP) is 4.03. The smallest absolute Gasteiger partial charge is 0.335 e. The first-order valence-corrected chi connectivity index (χ1v) is 8.25. The standard InChI is InChI=1S/C21H15FN2O4/c22-15-7-3-5-13(11-15)19(25)24-18-10-2-1-9-17(18)20(26)23-16-8-4-6-14(12-16)21(27)28/h1-12H,(H,23,26)(H,24,25)(H,27,28). The lowest BCUT2D eigenvalue weighted by Crippen LogP contribution is -2.18. The van der Waals surface area contributed by atoms with Gasteiger partial charge in [0.15, 0.2) is 0 Å². The number of carboxylic acids is 1. The van der Waals surface area contributed by atoms with Crippen LogP contribution in [0.3, 0.4) is 0 Å². The molecule has 6 nitrogen and oxygen atoms in total. The Bertz CT molecular complexity index is 1070. The van der Waals surface area contributed by atoms with E-state index in [4.69, 9.17) is 5.11 Å². The van der Waals surface area contributed by atoms with Crippen LogP contribution in [-0.4, -0.2) is 22.9 Å². The van der Waals surface area contributed by atoms with E-state index < -0.39 is 23.6 Å². The van der Waals surface area contributed by atoms with Crippen molar-refractivity contribution in [1.82, 2.24) is 0 Å². The van der Waals surface area contributed by atoms with Crippen LogP contribution in [0.25, 0.3) is 0 Å². The van der Waals surface area contributed by atoms with Crippen LogP contribution in [0.4, 0.5) is 15.8 Å². The summed E-state index contributed by atoms with van der Waals surface area (Å²) in [5, 5.41) is 14.2. The van der Waals surface area contributed by atoms with E-state index in [1.54, 1.807) is 24.3 Å². The second-order valence-corrected chi connectivity index (χ2v) is 5.85. The molecule has 7 heteroatoms. The van der Waals surface area contributed by atoms with Gasteiger partial charge in [0.25, 0.3) is 11.8 Å². The number of carbonyl (C=O) groups excluding carboxylic acids is 2. The van der Waals surface area contributed by atoms with Gasteiger partial charge >= 0.3 is 5.97 Å². The van der Waals surface area contributed by atoms with Gasteiger partial charge in [-0.3, -0.25) is 9.59 Å². The van der Waals surface area contributed by atoms with Crippen LogP contribution in [0, 0.1) is 5.82 Å². The van der Waals surface area contributed by atoms with Gasteiger partial charge in [-0.1, -0.05) is 24.3 Å². The zero-order chi connectivity index (χ0) is 20.1. The molecule has 0 atom stereocenters. The number of benzene rings is 3. The predicted molar refractivity (Wildman–Crippen MR) is 102 cm³/mol. The highest BCUT2D eigenvalue weighted by atomic mass is 19.1. The summed E-state index contributed by atoms with van der Waals surface area (Å²) in [5.41, 5.74) is 0.864. The third-order valence-electron chi connectivity index (χ3n) is 3.87. The van der Waals surface area contributed by atoms with Crippen LogP contribution in [0.15, 0.2) is 72.8 Å². The topological polar surface area (TPSA) is 95.5 Å². The molecule has 0 radical (unpaired) electrons. The molecule has 0 fully saturated rings. The minimum Gasteiger partial charge on any atom is -0.478 e. The number of rotatable bonds is 5. The molecule has 0 unspecified atom stereocenters. The molecule has 0 heterocycles. The molecule has 0 aliphatic carbocycles. The molecule has 3 N–H and O–H groups in total. The number of carbonyl (C=O) groups is 3. The van der Waals surface area contributed by atoms with Crippen LogP contribution in [0.1, 0.15) is 31.1 Å². The van der Waals surface area contributed by atoms with E-state index in [-0.39, 0.29) is 22.4 Å². The molecule has 0 spiro atoms. The fourth-order valence-corrected chi connectivity index (χ4v) is 2.54. The number of anilines is 2. The van der Waals surface area contributed by atoms with Gasteiger partial charge in [-0.2, -0.15) is 0 Å². The molecule has 0 saturated carbocycles. The van der Waals surface area contributed by atoms with Gasteiger partial charge in [0.1, 0.15) is 5.82 Å². The third kappa shape index (κ3) is 4.39. The maximum atomic E-state index is 13.3. The largest absolute Gasteiger partial charge is 0.478 e. The molecular formula is C21H15FN2O4. The van der Waals surface area contributed by atoms with Gasteiger partial charge in [0.05, 0.1) is 16.8 Å². The molecule has 3 aromatic carbocycles. The lowest BCUT2D eigenvalue weighted by molar-refractivity contribution is 0.0696. The first-order valence-electron chi connectivity index (χ1n) is 8.25. The molecule has 140 valence electrons. The van der Waals surface area contributed by atoms with Gasteiger partial charge in [-0.05, 0) is 48.5 Å². The Kier molecular flexibility index (Phi) is 5.45. The summed E-state index contributed by atoms with van der Waals surface area (Å²) in [5.74, 6) is -2.75. The third-order valence-corrected chi connectivity index (χ3v) is 3.87. The number of carboxylic acid groups (broad SMARTS) is 1. The van der Waals surface area contributed by atoms with Crippen LogP contribution in [-0.2, 0) is 0 Å². The Balaban J connectivity index is 1.81. The normalized spacial score (nSPS) is 10.2. The Morgan fingerprint density at radius 3 is 2.21 bits per heavy atom. The van der Waals surface area contributed by atoms with E-state index in [2.05, 4.69) is 10.6 Å². The van der Waals surface area contributed by atoms with E-state index >= 15 is 0 Å². The number of amides is 2. The number of aromatic carboxylic acids is 1. The minimum atomic E-state index is -1.11. The number of hydrogen-bond acceptors (Lipinski definition) is 3. The van der Waals surface area contributed by atoms with E-state index in [9.17, 15) is 18.8 Å². The Morgan fingerprint density at radius 1 is 0.750 bits per heavy atom. The fourth-order valence-electron chi connectivity index (χ4n) is 2.54. The summed E-state index contributed by atoms with van der Waals surface area (Å²) < 4.78 is 13.3. The fraction of sp³-hybridized carbons (Fsp3) is 0. The molecule has 0 aliphatic rings. The van der Waals surface area contributed by atoms with E-state index in [1.165, 1.54) is 42.5 Å². The van der Waals surface area contributed by atoms with Crippen LogP contribution in [0.2, 0.25) is 0 Å². The number of para-hydroxylation sites is 1. The number of nitrogens with one attached hydrogen (secondary N) is 2. The van der Waals surface area contributed by atoms with Crippen molar-refractivity contribution >= 4 is 29.2 Å². The van der Waals surface area contributed by atoms with Crippen molar-refractivity contribution in [1.29, 1.82) is 0 Å². The van der Waals surface area contributed by atoms with Crippen LogP contribution >= 0.6 is 0 Å². The molecule has 2 amide bonds. The van der Waals surface area contributed by atoms with Crippen molar-refractivity contribution in [3.63, 3.8) is 0 Å². The average Bonchev–Trinajstić information content (AvgIpc) is 2.68. The molecular weight excluding hydrogens is 363 g/mol. The maximum Gasteiger partial charge on any atom is 0.335 e. The zero-order valence-electron chi connectivity index (χ0n) is 14.5. The molecule has 3 rings (SSSR count). The van der Waals surface area contributed by atoms with E-state index in [1.807, 2.05) is 0 Å². The quantitative estimate of drug-likeness (QED) is 0.625. The molecule has 0 bridgehead atoms. The summed E-state index contributed by atoms with van der Waals surface area (Å²) in [7, 11) is 0. The van der Waals surface area contributed by atoms with Crippen molar-refractivity contribution in [2.45, 2.75) is 0 Å². The molecule has 0 aliphatic heterocycles. The van der Waals surface area contributed by atoms with Gasteiger partial charge in [-0.25, -0.2) is 9.18 Å². The van der Waals surface area contributed by atoms with Crippen molar-refractivity contribution < 1.29 is 23.9 Å². The molecule has 0 saturated heterocycles. The Morgan fingerprint density at radius 2 is 1.46 bits per heavy atom. The van der Waals surface area contributed by atoms with E-state index in [0.29, 0.717) is 5.69 Å². The zero-order valence-corrected chi connectivity index (χ0v) is 14.5. The summed E-state index contributed by atoms with van der Waals surface area (Å²) in [6.07, 6.45) is 0. The first kappa shape index (κ1) is 18.8. The molecule has 0 aromatic heterocycles. The van der Waals surface area contributed by atoms with Crippen LogP contribution < -0.4 is 10.6 Å². The second-order valence-electron chi connectivity index (χ2n) is 5.85. The summed E-state index contributed by atoms with van der Waals surface area (Å²) >= 11 is 0. The first-order chi connectivity index (χ1) is 13.4.